The Hall–Kier alpha value is -3.72. The minimum absolute atomic E-state index is 0.0248. The first-order chi connectivity index (χ1) is 16.9. The maximum Gasteiger partial charge on any atom is 0.417 e. The van der Waals surface area contributed by atoms with Gasteiger partial charge in [-0.25, -0.2) is 9.97 Å². The minimum atomic E-state index is -4.52. The molecule has 1 aliphatic heterocycles. The fourth-order valence-corrected chi connectivity index (χ4v) is 3.83. The van der Waals surface area contributed by atoms with Crippen LogP contribution in [0.4, 0.5) is 19.0 Å². The fourth-order valence-electron chi connectivity index (χ4n) is 3.83. The summed E-state index contributed by atoms with van der Waals surface area (Å²) in [6.07, 6.45) is -3.05. The van der Waals surface area contributed by atoms with Gasteiger partial charge in [-0.05, 0) is 12.5 Å². The van der Waals surface area contributed by atoms with Crippen molar-refractivity contribution in [3.63, 3.8) is 0 Å². The van der Waals surface area contributed by atoms with E-state index >= 15 is 0 Å². The summed E-state index contributed by atoms with van der Waals surface area (Å²) in [7, 11) is 0. The van der Waals surface area contributed by atoms with Gasteiger partial charge in [0, 0.05) is 42.7 Å². The Morgan fingerprint density at radius 1 is 1.09 bits per heavy atom. The molecule has 2 aromatic carbocycles. The van der Waals surface area contributed by atoms with Crippen LogP contribution in [-0.4, -0.2) is 28.9 Å². The van der Waals surface area contributed by atoms with Gasteiger partial charge in [0.1, 0.15) is 17.5 Å². The number of aromatic nitrogens is 2. The quantitative estimate of drug-likeness (QED) is 0.323. The number of rotatable bonds is 7. The molecule has 0 fully saturated rings. The Morgan fingerprint density at radius 2 is 1.83 bits per heavy atom. The van der Waals surface area contributed by atoms with Crippen molar-refractivity contribution in [3.8, 4) is 11.4 Å². The van der Waals surface area contributed by atoms with Crippen LogP contribution in [0.3, 0.4) is 0 Å². The van der Waals surface area contributed by atoms with Gasteiger partial charge in [0.15, 0.2) is 5.82 Å². The van der Waals surface area contributed by atoms with Crippen molar-refractivity contribution >= 4 is 11.7 Å². The van der Waals surface area contributed by atoms with Crippen LogP contribution >= 0.6 is 0 Å². The van der Waals surface area contributed by atoms with Gasteiger partial charge in [0.2, 0.25) is 0 Å². The molecule has 3 aromatic rings. The summed E-state index contributed by atoms with van der Waals surface area (Å²) in [5.74, 6) is 1.49. The molecule has 0 saturated heterocycles. The summed E-state index contributed by atoms with van der Waals surface area (Å²) in [4.78, 5) is 13.6. The van der Waals surface area contributed by atoms with Crippen LogP contribution in [0, 0.1) is 0 Å². The third-order valence-corrected chi connectivity index (χ3v) is 5.49. The molecule has 0 spiro atoms. The van der Waals surface area contributed by atoms with E-state index in [-0.39, 0.29) is 11.4 Å². The number of hydrogen-bond donors (Lipinski definition) is 3. The maximum atomic E-state index is 13.7. The number of hydrogen-bond acceptors (Lipinski definition) is 5. The second-order valence-electron chi connectivity index (χ2n) is 8.12. The van der Waals surface area contributed by atoms with E-state index in [0.29, 0.717) is 49.2 Å². The van der Waals surface area contributed by atoms with Crippen molar-refractivity contribution in [2.75, 3.05) is 18.4 Å². The smallest absolute Gasteiger partial charge is 0.327 e. The molecule has 182 valence electrons. The van der Waals surface area contributed by atoms with Crippen LogP contribution in [0.1, 0.15) is 35.7 Å². The van der Waals surface area contributed by atoms with Crippen LogP contribution < -0.4 is 16.0 Å². The van der Waals surface area contributed by atoms with Crippen LogP contribution in [-0.2, 0) is 19.1 Å². The first-order valence-electron chi connectivity index (χ1n) is 11.5. The van der Waals surface area contributed by atoms with E-state index in [9.17, 15) is 13.2 Å². The van der Waals surface area contributed by atoms with Crippen molar-refractivity contribution in [2.24, 2.45) is 4.99 Å². The molecule has 0 aliphatic carbocycles. The lowest BCUT2D eigenvalue weighted by atomic mass is 10.0. The molecule has 0 unspecified atom stereocenters. The highest BCUT2D eigenvalue weighted by Gasteiger charge is 2.34. The number of nitrogens with one attached hydrogen (secondary N) is 3. The van der Waals surface area contributed by atoms with Gasteiger partial charge < -0.3 is 16.0 Å². The summed E-state index contributed by atoms with van der Waals surface area (Å²) >= 11 is 0. The summed E-state index contributed by atoms with van der Waals surface area (Å²) in [6.45, 7) is 7.93. The third kappa shape index (κ3) is 5.86. The van der Waals surface area contributed by atoms with Crippen LogP contribution in [0.25, 0.3) is 11.4 Å². The zero-order valence-corrected chi connectivity index (χ0v) is 19.4. The van der Waals surface area contributed by atoms with Crippen LogP contribution in [0.5, 0.6) is 0 Å². The SMILES string of the molecule is C=C(NC(=NCCC)c1ccccc1)Nc1nc(-c2ccccc2C(F)(F)F)nc2c1CNCC2. The Kier molecular flexibility index (Phi) is 7.45. The molecule has 0 saturated carbocycles. The number of anilines is 1. The van der Waals surface area contributed by atoms with Gasteiger partial charge in [0.25, 0.3) is 0 Å². The molecule has 0 amide bonds. The number of nitrogens with zero attached hydrogens (tertiary/aromatic N) is 3. The van der Waals surface area contributed by atoms with E-state index in [1.807, 2.05) is 37.3 Å². The predicted octanol–water partition coefficient (Wildman–Crippen LogP) is 5.14. The number of fused-ring (bicyclic) bond motifs is 1. The molecule has 0 radical (unpaired) electrons. The number of aliphatic imine (C=N–C) groups is 1. The molecule has 35 heavy (non-hydrogen) atoms. The largest absolute Gasteiger partial charge is 0.417 e. The van der Waals surface area contributed by atoms with Gasteiger partial charge in [0.05, 0.1) is 11.3 Å². The van der Waals surface area contributed by atoms with Crippen LogP contribution in [0.15, 0.2) is 72.0 Å². The number of benzene rings is 2. The summed E-state index contributed by atoms with van der Waals surface area (Å²) in [6, 6.07) is 15.0. The topological polar surface area (TPSA) is 74.2 Å². The lowest BCUT2D eigenvalue weighted by molar-refractivity contribution is -0.137. The van der Waals surface area contributed by atoms with E-state index in [4.69, 9.17) is 0 Å². The van der Waals surface area contributed by atoms with Crippen molar-refractivity contribution in [3.05, 3.63) is 89.4 Å². The van der Waals surface area contributed by atoms with Gasteiger partial charge in [-0.3, -0.25) is 4.99 Å². The van der Waals surface area contributed by atoms with Crippen molar-refractivity contribution in [2.45, 2.75) is 32.5 Å². The molecule has 4 rings (SSSR count). The molecular formula is C26H27F3N6. The molecule has 6 nitrogen and oxygen atoms in total. The molecule has 0 bridgehead atoms. The van der Waals surface area contributed by atoms with Crippen molar-refractivity contribution < 1.29 is 13.2 Å². The second kappa shape index (κ2) is 10.7. The second-order valence-corrected chi connectivity index (χ2v) is 8.12. The Morgan fingerprint density at radius 3 is 2.57 bits per heavy atom. The zero-order valence-electron chi connectivity index (χ0n) is 19.4. The monoisotopic (exact) mass is 480 g/mol. The molecule has 9 heteroatoms. The highest BCUT2D eigenvalue weighted by Crippen LogP contribution is 2.36. The normalized spacial score (nSPS) is 13.8. The van der Waals surface area contributed by atoms with Crippen LogP contribution in [0.2, 0.25) is 0 Å². The highest BCUT2D eigenvalue weighted by atomic mass is 19.4. The van der Waals surface area contributed by atoms with Crippen molar-refractivity contribution in [1.29, 1.82) is 0 Å². The van der Waals surface area contributed by atoms with Crippen molar-refractivity contribution in [1.82, 2.24) is 20.6 Å². The Labute approximate surface area is 202 Å². The number of alkyl halides is 3. The van der Waals surface area contributed by atoms with E-state index in [1.54, 1.807) is 6.07 Å². The molecular weight excluding hydrogens is 453 g/mol. The Balaban J connectivity index is 1.68. The first-order valence-corrected chi connectivity index (χ1v) is 11.5. The van der Waals surface area contributed by atoms with E-state index < -0.39 is 11.7 Å². The Bertz CT molecular complexity index is 1220. The predicted molar refractivity (Wildman–Crippen MR) is 132 cm³/mol. The average Bonchev–Trinajstić information content (AvgIpc) is 2.86. The molecule has 1 aromatic heterocycles. The third-order valence-electron chi connectivity index (χ3n) is 5.49. The summed E-state index contributed by atoms with van der Waals surface area (Å²) in [5.41, 5.74) is 1.59. The zero-order chi connectivity index (χ0) is 24.8. The molecule has 1 aliphatic rings. The summed E-state index contributed by atoms with van der Waals surface area (Å²) in [5, 5.41) is 9.63. The standard InChI is InChI=1S/C26H27F3N6/c1-3-14-31-23(18-9-5-4-6-10-18)32-17(2)33-25-20-16-30-15-13-22(20)34-24(35-25)19-11-7-8-12-21(19)26(27,28)29/h4-12,30H,2-3,13-16H2,1H3,(H,31,32)(H,33,34,35). The van der Waals surface area contributed by atoms with Gasteiger partial charge in [-0.2, -0.15) is 13.2 Å². The van der Waals surface area contributed by atoms with E-state index in [0.717, 1.165) is 23.6 Å². The van der Waals surface area contributed by atoms with Gasteiger partial charge in [-0.1, -0.05) is 62.0 Å². The fraction of sp³-hybridized carbons (Fsp3) is 0.269. The summed E-state index contributed by atoms with van der Waals surface area (Å²) < 4.78 is 41.0. The molecule has 2 heterocycles. The molecule has 0 atom stereocenters. The lowest BCUT2D eigenvalue weighted by Gasteiger charge is -2.22. The molecule has 3 N–H and O–H groups in total. The lowest BCUT2D eigenvalue weighted by Crippen LogP contribution is -2.30. The maximum absolute atomic E-state index is 13.7. The van der Waals surface area contributed by atoms with E-state index in [1.165, 1.54) is 12.1 Å². The average molecular weight is 481 g/mol. The van der Waals surface area contributed by atoms with Gasteiger partial charge >= 0.3 is 6.18 Å². The number of halogens is 3. The first kappa shape index (κ1) is 24.4. The van der Waals surface area contributed by atoms with E-state index in [2.05, 4.69) is 37.5 Å². The minimum Gasteiger partial charge on any atom is -0.327 e. The highest BCUT2D eigenvalue weighted by molar-refractivity contribution is 6.00. The van der Waals surface area contributed by atoms with Gasteiger partial charge in [-0.15, -0.1) is 0 Å². The number of amidine groups is 1.